The van der Waals surface area contributed by atoms with E-state index >= 15 is 0 Å². The number of benzene rings is 1. The molecule has 0 radical (unpaired) electrons. The molecule has 3 heterocycles. The van der Waals surface area contributed by atoms with Crippen LogP contribution in [0, 0.1) is 24.6 Å². The maximum Gasteiger partial charge on any atom is 0.310 e. The predicted molar refractivity (Wildman–Crippen MR) is 93.4 cm³/mol. The standard InChI is InChI=1S/C18H17FN2O4S/c1-8-15(9-2-4-10(19)5-3-9)20-18(26-8)21-16(22)13-11-6-7-12(25-11)14(13)17(23)24/h2-5,11-14H,6-7H2,1H3,(H,23,24)(H,20,21,22)/t11-,12-,13+,14-/m1/s1. The number of thiazole rings is 1. The summed E-state index contributed by atoms with van der Waals surface area (Å²) in [6.07, 6.45) is 0.639. The summed E-state index contributed by atoms with van der Waals surface area (Å²) in [5.74, 6) is -3.22. The molecule has 2 saturated heterocycles. The third-order valence-corrected chi connectivity index (χ3v) is 5.89. The summed E-state index contributed by atoms with van der Waals surface area (Å²) < 4.78 is 18.7. The van der Waals surface area contributed by atoms with Crippen LogP contribution in [0.25, 0.3) is 11.3 Å². The number of aromatic nitrogens is 1. The molecule has 2 aliphatic heterocycles. The SMILES string of the molecule is Cc1sc(NC(=O)[C@@H]2[C@H](C(=O)O)[C@H]3CC[C@H]2O3)nc1-c1ccc(F)cc1. The fraction of sp³-hybridized carbons (Fsp3) is 0.389. The predicted octanol–water partition coefficient (Wildman–Crippen LogP) is 3.07. The Morgan fingerprint density at radius 3 is 2.54 bits per heavy atom. The molecule has 136 valence electrons. The molecule has 4 rings (SSSR count). The number of rotatable bonds is 4. The van der Waals surface area contributed by atoms with Crippen molar-refractivity contribution in [3.05, 3.63) is 35.0 Å². The molecule has 1 aromatic carbocycles. The summed E-state index contributed by atoms with van der Waals surface area (Å²) in [5, 5.41) is 12.6. The first-order valence-corrected chi connectivity index (χ1v) is 9.18. The van der Waals surface area contributed by atoms with E-state index in [0.717, 1.165) is 10.4 Å². The van der Waals surface area contributed by atoms with Crippen LogP contribution in [0.2, 0.25) is 0 Å². The summed E-state index contributed by atoms with van der Waals surface area (Å²) in [4.78, 5) is 29.5. The van der Waals surface area contributed by atoms with Gasteiger partial charge < -0.3 is 15.2 Å². The van der Waals surface area contributed by atoms with Crippen LogP contribution in [-0.4, -0.2) is 34.2 Å². The fourth-order valence-electron chi connectivity index (χ4n) is 3.84. The van der Waals surface area contributed by atoms with Gasteiger partial charge >= 0.3 is 5.97 Å². The quantitative estimate of drug-likeness (QED) is 0.856. The van der Waals surface area contributed by atoms with Crippen molar-refractivity contribution in [1.82, 2.24) is 4.98 Å². The van der Waals surface area contributed by atoms with Crippen molar-refractivity contribution in [3.8, 4) is 11.3 Å². The molecule has 4 atom stereocenters. The van der Waals surface area contributed by atoms with Gasteiger partial charge in [0.2, 0.25) is 5.91 Å². The van der Waals surface area contributed by atoms with Crippen molar-refractivity contribution in [1.29, 1.82) is 0 Å². The molecule has 2 aliphatic rings. The number of nitrogens with zero attached hydrogens (tertiary/aromatic N) is 1. The Morgan fingerprint density at radius 1 is 1.23 bits per heavy atom. The zero-order valence-corrected chi connectivity index (χ0v) is 14.8. The third kappa shape index (κ3) is 2.89. The minimum atomic E-state index is -1.00. The van der Waals surface area contributed by atoms with Crippen LogP contribution in [0.3, 0.4) is 0 Å². The number of ether oxygens (including phenoxy) is 1. The van der Waals surface area contributed by atoms with Gasteiger partial charge in [0.25, 0.3) is 0 Å². The number of aryl methyl sites for hydroxylation is 1. The first-order chi connectivity index (χ1) is 12.4. The molecule has 0 unspecified atom stereocenters. The minimum Gasteiger partial charge on any atom is -0.481 e. The molecular formula is C18H17FN2O4S. The van der Waals surface area contributed by atoms with Crippen molar-refractivity contribution in [2.45, 2.75) is 32.0 Å². The molecule has 26 heavy (non-hydrogen) atoms. The number of hydrogen-bond donors (Lipinski definition) is 2. The molecule has 2 fully saturated rings. The monoisotopic (exact) mass is 376 g/mol. The summed E-state index contributed by atoms with van der Waals surface area (Å²) in [5.41, 5.74) is 1.43. The van der Waals surface area contributed by atoms with Crippen LogP contribution in [-0.2, 0) is 14.3 Å². The number of anilines is 1. The average molecular weight is 376 g/mol. The van der Waals surface area contributed by atoms with E-state index < -0.39 is 17.8 Å². The molecule has 0 saturated carbocycles. The second-order valence-electron chi connectivity index (χ2n) is 6.60. The highest BCUT2D eigenvalue weighted by molar-refractivity contribution is 7.16. The van der Waals surface area contributed by atoms with Gasteiger partial charge in [-0.2, -0.15) is 0 Å². The number of hydrogen-bond acceptors (Lipinski definition) is 5. The zero-order chi connectivity index (χ0) is 18.4. The van der Waals surface area contributed by atoms with E-state index in [0.29, 0.717) is 23.7 Å². The highest BCUT2D eigenvalue weighted by Crippen LogP contribution is 2.44. The molecule has 2 N–H and O–H groups in total. The number of nitrogens with one attached hydrogen (secondary N) is 1. The number of amides is 1. The second kappa shape index (κ2) is 6.44. The Bertz CT molecular complexity index is 867. The number of fused-ring (bicyclic) bond motifs is 2. The van der Waals surface area contributed by atoms with Gasteiger partial charge in [-0.25, -0.2) is 9.37 Å². The van der Waals surface area contributed by atoms with Gasteiger partial charge in [0.05, 0.1) is 29.7 Å². The van der Waals surface area contributed by atoms with Gasteiger partial charge in [-0.1, -0.05) is 0 Å². The Balaban J connectivity index is 1.54. The van der Waals surface area contributed by atoms with Crippen LogP contribution >= 0.6 is 11.3 Å². The van der Waals surface area contributed by atoms with Crippen molar-refractivity contribution < 1.29 is 23.8 Å². The van der Waals surface area contributed by atoms with Gasteiger partial charge in [-0.05, 0) is 44.0 Å². The Hall–Kier alpha value is -2.32. The number of carboxylic acid groups (broad SMARTS) is 1. The van der Waals surface area contributed by atoms with Gasteiger partial charge in [-0.3, -0.25) is 9.59 Å². The van der Waals surface area contributed by atoms with E-state index in [1.165, 1.54) is 23.5 Å². The fourth-order valence-corrected chi connectivity index (χ4v) is 4.68. The van der Waals surface area contributed by atoms with Crippen molar-refractivity contribution >= 4 is 28.3 Å². The van der Waals surface area contributed by atoms with Crippen LogP contribution in [0.5, 0.6) is 0 Å². The second-order valence-corrected chi connectivity index (χ2v) is 7.80. The van der Waals surface area contributed by atoms with Crippen LogP contribution < -0.4 is 5.32 Å². The van der Waals surface area contributed by atoms with Crippen molar-refractivity contribution in [3.63, 3.8) is 0 Å². The first kappa shape index (κ1) is 17.1. The van der Waals surface area contributed by atoms with Gasteiger partial charge in [0, 0.05) is 10.4 Å². The Kier molecular flexibility index (Phi) is 4.24. The van der Waals surface area contributed by atoms with E-state index in [9.17, 15) is 19.1 Å². The molecule has 2 aromatic rings. The average Bonchev–Trinajstić information content (AvgIpc) is 3.29. The molecule has 2 bridgehead atoms. The van der Waals surface area contributed by atoms with E-state index in [2.05, 4.69) is 10.3 Å². The lowest BCUT2D eigenvalue weighted by molar-refractivity contribution is -0.147. The highest BCUT2D eigenvalue weighted by Gasteiger charge is 2.55. The third-order valence-electron chi connectivity index (χ3n) is 5.01. The lowest BCUT2D eigenvalue weighted by Gasteiger charge is -2.23. The van der Waals surface area contributed by atoms with Crippen LogP contribution in [0.4, 0.5) is 9.52 Å². The van der Waals surface area contributed by atoms with Gasteiger partial charge in [0.1, 0.15) is 5.82 Å². The van der Waals surface area contributed by atoms with Gasteiger partial charge in [0.15, 0.2) is 5.13 Å². The molecule has 0 aliphatic carbocycles. The maximum atomic E-state index is 13.1. The number of halogens is 1. The first-order valence-electron chi connectivity index (χ1n) is 8.36. The molecular weight excluding hydrogens is 359 g/mol. The Labute approximate surface area is 153 Å². The number of aliphatic carboxylic acids is 1. The van der Waals surface area contributed by atoms with Gasteiger partial charge in [-0.15, -0.1) is 11.3 Å². The zero-order valence-electron chi connectivity index (χ0n) is 13.9. The number of carbonyl (C=O) groups is 2. The largest absolute Gasteiger partial charge is 0.481 e. The van der Waals surface area contributed by atoms with E-state index in [-0.39, 0.29) is 23.9 Å². The van der Waals surface area contributed by atoms with Crippen LogP contribution in [0.1, 0.15) is 17.7 Å². The molecule has 1 aromatic heterocycles. The molecule has 1 amide bonds. The van der Waals surface area contributed by atoms with E-state index in [4.69, 9.17) is 4.74 Å². The highest BCUT2D eigenvalue weighted by atomic mass is 32.1. The number of carbonyl (C=O) groups excluding carboxylic acids is 1. The molecule has 0 spiro atoms. The molecule has 6 nitrogen and oxygen atoms in total. The summed E-state index contributed by atoms with van der Waals surface area (Å²) >= 11 is 1.31. The minimum absolute atomic E-state index is 0.328. The van der Waals surface area contributed by atoms with Crippen molar-refractivity contribution in [2.24, 2.45) is 11.8 Å². The van der Waals surface area contributed by atoms with Crippen molar-refractivity contribution in [2.75, 3.05) is 5.32 Å². The lowest BCUT2D eigenvalue weighted by Crippen LogP contribution is -2.40. The Morgan fingerprint density at radius 2 is 1.88 bits per heavy atom. The lowest BCUT2D eigenvalue weighted by atomic mass is 9.79. The maximum absolute atomic E-state index is 13.1. The van der Waals surface area contributed by atoms with E-state index in [1.807, 2.05) is 6.92 Å². The smallest absolute Gasteiger partial charge is 0.310 e. The summed E-state index contributed by atoms with van der Waals surface area (Å²) in [6, 6.07) is 5.98. The van der Waals surface area contributed by atoms with E-state index in [1.54, 1.807) is 12.1 Å². The normalized spacial score (nSPS) is 26.8. The number of carboxylic acids is 1. The molecule has 8 heteroatoms. The van der Waals surface area contributed by atoms with Crippen LogP contribution in [0.15, 0.2) is 24.3 Å². The topological polar surface area (TPSA) is 88.5 Å². The summed E-state index contributed by atoms with van der Waals surface area (Å²) in [7, 11) is 0. The summed E-state index contributed by atoms with van der Waals surface area (Å²) in [6.45, 7) is 1.87.